The van der Waals surface area contributed by atoms with Gasteiger partial charge in [-0.05, 0) is 26.3 Å². The SMILES string of the molecule is CCOC(=O)CCn1cc(C(C)=O)c2cccc(C)c21. The fraction of sp³-hybridized carbons (Fsp3) is 0.375. The molecule has 4 nitrogen and oxygen atoms in total. The van der Waals surface area contributed by atoms with Crippen molar-refractivity contribution < 1.29 is 14.3 Å². The van der Waals surface area contributed by atoms with Crippen LogP contribution in [0.3, 0.4) is 0 Å². The maximum Gasteiger partial charge on any atom is 0.307 e. The quantitative estimate of drug-likeness (QED) is 0.621. The highest BCUT2D eigenvalue weighted by Gasteiger charge is 2.14. The van der Waals surface area contributed by atoms with Gasteiger partial charge in [0.05, 0.1) is 18.5 Å². The molecule has 20 heavy (non-hydrogen) atoms. The summed E-state index contributed by atoms with van der Waals surface area (Å²) in [4.78, 5) is 23.2. The molecule has 0 saturated heterocycles. The first-order valence-electron chi connectivity index (χ1n) is 6.79. The van der Waals surface area contributed by atoms with Crippen LogP contribution in [0.15, 0.2) is 24.4 Å². The summed E-state index contributed by atoms with van der Waals surface area (Å²) in [6, 6.07) is 5.90. The van der Waals surface area contributed by atoms with Crippen molar-refractivity contribution in [3.8, 4) is 0 Å². The topological polar surface area (TPSA) is 48.3 Å². The molecule has 0 bridgehead atoms. The molecule has 1 aromatic heterocycles. The highest BCUT2D eigenvalue weighted by Crippen LogP contribution is 2.25. The fourth-order valence-electron chi connectivity index (χ4n) is 2.45. The highest BCUT2D eigenvalue weighted by molar-refractivity contribution is 6.07. The number of carbonyl (C=O) groups excluding carboxylic acids is 2. The summed E-state index contributed by atoms with van der Waals surface area (Å²) in [6.45, 7) is 6.28. The number of hydrogen-bond acceptors (Lipinski definition) is 3. The van der Waals surface area contributed by atoms with Gasteiger partial charge in [-0.2, -0.15) is 0 Å². The average Bonchev–Trinajstić information content (AvgIpc) is 2.77. The zero-order valence-corrected chi connectivity index (χ0v) is 12.1. The van der Waals surface area contributed by atoms with E-state index < -0.39 is 0 Å². The second-order valence-electron chi connectivity index (χ2n) is 4.82. The standard InChI is InChI=1S/C16H19NO3/c1-4-20-15(19)8-9-17-10-14(12(3)18)13-7-5-6-11(2)16(13)17/h5-7,10H,4,8-9H2,1-3H3. The number of para-hydroxylation sites is 1. The molecule has 0 saturated carbocycles. The Kier molecular flexibility index (Phi) is 4.23. The first-order chi connectivity index (χ1) is 9.54. The number of nitrogens with zero attached hydrogens (tertiary/aromatic N) is 1. The van der Waals surface area contributed by atoms with E-state index in [9.17, 15) is 9.59 Å². The van der Waals surface area contributed by atoms with Gasteiger partial charge in [-0.15, -0.1) is 0 Å². The van der Waals surface area contributed by atoms with Crippen LogP contribution in [0.5, 0.6) is 0 Å². The molecule has 106 valence electrons. The molecule has 0 unspecified atom stereocenters. The van der Waals surface area contributed by atoms with Gasteiger partial charge in [-0.3, -0.25) is 9.59 Å². The zero-order chi connectivity index (χ0) is 14.7. The molecule has 2 aromatic rings. The van der Waals surface area contributed by atoms with Crippen LogP contribution in [0.1, 0.15) is 36.2 Å². The summed E-state index contributed by atoms with van der Waals surface area (Å²) < 4.78 is 6.91. The van der Waals surface area contributed by atoms with Crippen LogP contribution >= 0.6 is 0 Å². The molecule has 0 amide bonds. The van der Waals surface area contributed by atoms with E-state index in [4.69, 9.17) is 4.74 Å². The van der Waals surface area contributed by atoms with Crippen LogP contribution in [-0.2, 0) is 16.1 Å². The van der Waals surface area contributed by atoms with Crippen molar-refractivity contribution in [2.45, 2.75) is 33.7 Å². The fourth-order valence-corrected chi connectivity index (χ4v) is 2.45. The van der Waals surface area contributed by atoms with E-state index in [1.807, 2.05) is 35.9 Å². The second-order valence-corrected chi connectivity index (χ2v) is 4.82. The van der Waals surface area contributed by atoms with E-state index in [2.05, 4.69) is 0 Å². The van der Waals surface area contributed by atoms with Gasteiger partial charge >= 0.3 is 5.97 Å². The molecule has 0 spiro atoms. The van der Waals surface area contributed by atoms with Crippen molar-refractivity contribution in [2.24, 2.45) is 0 Å². The van der Waals surface area contributed by atoms with Crippen LogP contribution in [0.4, 0.5) is 0 Å². The van der Waals surface area contributed by atoms with E-state index in [-0.39, 0.29) is 11.8 Å². The van der Waals surface area contributed by atoms with Crippen molar-refractivity contribution in [3.63, 3.8) is 0 Å². The van der Waals surface area contributed by atoms with E-state index in [0.717, 1.165) is 16.5 Å². The summed E-state index contributed by atoms with van der Waals surface area (Å²) in [5, 5.41) is 0.946. The number of aryl methyl sites for hydroxylation is 2. The molecule has 0 aliphatic rings. The molecule has 0 N–H and O–H groups in total. The van der Waals surface area contributed by atoms with Crippen LogP contribution < -0.4 is 0 Å². The first kappa shape index (κ1) is 14.3. The van der Waals surface area contributed by atoms with Crippen LogP contribution in [-0.4, -0.2) is 22.9 Å². The molecule has 0 fully saturated rings. The van der Waals surface area contributed by atoms with Crippen molar-refractivity contribution >= 4 is 22.7 Å². The Morgan fingerprint density at radius 1 is 1.30 bits per heavy atom. The van der Waals surface area contributed by atoms with Gasteiger partial charge in [0.2, 0.25) is 0 Å². The normalized spacial score (nSPS) is 10.8. The molecule has 1 aromatic carbocycles. The predicted octanol–water partition coefficient (Wildman–Crippen LogP) is 3.11. The van der Waals surface area contributed by atoms with E-state index >= 15 is 0 Å². The minimum Gasteiger partial charge on any atom is -0.466 e. The second kappa shape index (κ2) is 5.90. The summed E-state index contributed by atoms with van der Waals surface area (Å²) in [6.07, 6.45) is 2.14. The van der Waals surface area contributed by atoms with Gasteiger partial charge in [0, 0.05) is 23.7 Å². The predicted molar refractivity (Wildman–Crippen MR) is 77.9 cm³/mol. The lowest BCUT2D eigenvalue weighted by molar-refractivity contribution is -0.143. The molecule has 2 rings (SSSR count). The molecule has 0 atom stereocenters. The van der Waals surface area contributed by atoms with Crippen LogP contribution in [0.25, 0.3) is 10.9 Å². The third-order valence-corrected chi connectivity index (χ3v) is 3.34. The third-order valence-electron chi connectivity index (χ3n) is 3.34. The molecular formula is C16H19NO3. The maximum atomic E-state index is 11.7. The lowest BCUT2D eigenvalue weighted by Crippen LogP contribution is -2.08. The third kappa shape index (κ3) is 2.74. The molecule has 0 aliphatic carbocycles. The van der Waals surface area contributed by atoms with Gasteiger partial charge in [-0.1, -0.05) is 18.2 Å². The Morgan fingerprint density at radius 2 is 2.05 bits per heavy atom. The number of benzene rings is 1. The maximum absolute atomic E-state index is 11.7. The molecular weight excluding hydrogens is 254 g/mol. The summed E-state index contributed by atoms with van der Waals surface area (Å²) in [7, 11) is 0. The molecule has 0 radical (unpaired) electrons. The number of esters is 1. The first-order valence-corrected chi connectivity index (χ1v) is 6.79. The Bertz CT molecular complexity index is 655. The van der Waals surface area contributed by atoms with Gasteiger partial charge in [0.1, 0.15) is 0 Å². The number of Topliss-reactive ketones (excluding diaryl/α,β-unsaturated/α-hetero) is 1. The molecule has 1 heterocycles. The van der Waals surface area contributed by atoms with Crippen LogP contribution in [0.2, 0.25) is 0 Å². The summed E-state index contributed by atoms with van der Waals surface area (Å²) in [5.41, 5.74) is 2.81. The van der Waals surface area contributed by atoms with Crippen molar-refractivity contribution in [3.05, 3.63) is 35.5 Å². The number of aromatic nitrogens is 1. The van der Waals surface area contributed by atoms with Gasteiger partial charge in [0.25, 0.3) is 0 Å². The largest absolute Gasteiger partial charge is 0.466 e. The Balaban J connectivity index is 2.38. The summed E-state index contributed by atoms with van der Waals surface area (Å²) >= 11 is 0. The van der Waals surface area contributed by atoms with E-state index in [1.165, 1.54) is 0 Å². The van der Waals surface area contributed by atoms with Crippen LogP contribution in [0, 0.1) is 6.92 Å². The average molecular weight is 273 g/mol. The lowest BCUT2D eigenvalue weighted by atomic mass is 10.1. The van der Waals surface area contributed by atoms with Gasteiger partial charge < -0.3 is 9.30 Å². The van der Waals surface area contributed by atoms with Crippen molar-refractivity contribution in [1.82, 2.24) is 4.57 Å². The minimum atomic E-state index is -0.215. The smallest absolute Gasteiger partial charge is 0.307 e. The summed E-state index contributed by atoms with van der Waals surface area (Å²) in [5.74, 6) is -0.178. The van der Waals surface area contributed by atoms with Crippen molar-refractivity contribution in [1.29, 1.82) is 0 Å². The Hall–Kier alpha value is -2.10. The van der Waals surface area contributed by atoms with E-state index in [1.54, 1.807) is 13.8 Å². The number of carbonyl (C=O) groups is 2. The molecule has 4 heteroatoms. The highest BCUT2D eigenvalue weighted by atomic mass is 16.5. The van der Waals surface area contributed by atoms with Crippen molar-refractivity contribution in [2.75, 3.05) is 6.61 Å². The number of rotatable bonds is 5. The Labute approximate surface area is 118 Å². The van der Waals surface area contributed by atoms with Gasteiger partial charge in [-0.25, -0.2) is 0 Å². The Morgan fingerprint density at radius 3 is 2.70 bits per heavy atom. The minimum absolute atomic E-state index is 0.0375. The molecule has 0 aliphatic heterocycles. The number of hydrogen-bond donors (Lipinski definition) is 0. The monoisotopic (exact) mass is 273 g/mol. The van der Waals surface area contributed by atoms with E-state index in [0.29, 0.717) is 25.1 Å². The number of fused-ring (bicyclic) bond motifs is 1. The zero-order valence-electron chi connectivity index (χ0n) is 12.1. The van der Waals surface area contributed by atoms with Gasteiger partial charge in [0.15, 0.2) is 5.78 Å². The lowest BCUT2D eigenvalue weighted by Gasteiger charge is -2.07. The number of ether oxygens (including phenoxy) is 1. The number of ketones is 1.